The third-order valence-corrected chi connectivity index (χ3v) is 1.67. The van der Waals surface area contributed by atoms with Gasteiger partial charge in [-0.2, -0.15) is 52.7 Å². The van der Waals surface area contributed by atoms with Crippen molar-refractivity contribution in [3.05, 3.63) is 6.17 Å². The predicted octanol–water partition coefficient (Wildman–Crippen LogP) is 4.52. The highest BCUT2D eigenvalue weighted by atomic mass is 19.4. The zero-order chi connectivity index (χ0) is 16.1. The number of alkyl halides is 12. The Morgan fingerprint density at radius 1 is 0.526 bits per heavy atom. The molecule has 0 atom stereocenters. The molecule has 0 spiro atoms. The topological polar surface area (TPSA) is 0 Å². The van der Waals surface area contributed by atoms with Gasteiger partial charge in [-0.3, -0.25) is 0 Å². The summed E-state index contributed by atoms with van der Waals surface area (Å²) in [5.41, 5.74) is 0. The highest BCUT2D eigenvalue weighted by Crippen LogP contribution is 2.58. The molecule has 13 heteroatoms. The minimum atomic E-state index is -7.67. The van der Waals surface area contributed by atoms with E-state index in [2.05, 4.69) is 0 Å². The Balaban J connectivity index is 5.78. The Bertz CT molecular complexity index is 319. The van der Waals surface area contributed by atoms with Crippen molar-refractivity contribution >= 4 is 0 Å². The monoisotopic (exact) mass is 319 g/mol. The second kappa shape index (κ2) is 4.30. The van der Waals surface area contributed by atoms with E-state index >= 15 is 0 Å². The Morgan fingerprint density at radius 2 is 0.842 bits per heavy atom. The van der Waals surface area contributed by atoms with Gasteiger partial charge in [0.15, 0.2) is 0 Å². The largest absolute Gasteiger partial charge is 0.460 e. The van der Waals surface area contributed by atoms with Crippen LogP contribution in [0, 0.1) is 6.17 Å². The van der Waals surface area contributed by atoms with Crippen LogP contribution in [-0.4, -0.2) is 30.1 Å². The molecule has 0 nitrogen and oxygen atoms in total. The zero-order valence-corrected chi connectivity index (χ0v) is 7.91. The van der Waals surface area contributed by atoms with Crippen molar-refractivity contribution in [2.45, 2.75) is 30.1 Å². The van der Waals surface area contributed by atoms with Crippen LogP contribution in [0.15, 0.2) is 0 Å². The molecule has 0 aliphatic carbocycles. The van der Waals surface area contributed by atoms with Crippen molar-refractivity contribution < 1.29 is 57.1 Å². The van der Waals surface area contributed by atoms with Crippen molar-refractivity contribution in [1.29, 1.82) is 0 Å². The van der Waals surface area contributed by atoms with E-state index < -0.39 is 36.3 Å². The Hall–Kier alpha value is -0.910. The van der Waals surface area contributed by atoms with E-state index in [-0.39, 0.29) is 0 Å². The van der Waals surface area contributed by atoms with Gasteiger partial charge in [0.2, 0.25) is 0 Å². The molecule has 0 rings (SSSR count). The van der Waals surface area contributed by atoms with E-state index in [4.69, 9.17) is 0 Å². The van der Waals surface area contributed by atoms with Crippen molar-refractivity contribution in [3.63, 3.8) is 0 Å². The van der Waals surface area contributed by atoms with Gasteiger partial charge in [-0.05, 0) is 0 Å². The molecule has 0 aromatic rings. The molecule has 19 heavy (non-hydrogen) atoms. The first-order chi connectivity index (χ1) is 7.90. The number of hydrogen-bond acceptors (Lipinski definition) is 0. The van der Waals surface area contributed by atoms with E-state index in [0.29, 0.717) is 0 Å². The smallest absolute Gasteiger partial charge is 0.222 e. The molecule has 0 amide bonds. The van der Waals surface area contributed by atoms with Crippen LogP contribution in [0.25, 0.3) is 0 Å². The van der Waals surface area contributed by atoms with Gasteiger partial charge >= 0.3 is 36.3 Å². The van der Waals surface area contributed by atoms with E-state index in [0.717, 1.165) is 0 Å². The lowest BCUT2D eigenvalue weighted by atomic mass is 9.99. The van der Waals surface area contributed by atoms with Gasteiger partial charge < -0.3 is 0 Å². The predicted molar refractivity (Wildman–Crippen MR) is 31.3 cm³/mol. The minimum Gasteiger partial charge on any atom is -0.222 e. The molecule has 115 valence electrons. The van der Waals surface area contributed by atoms with Crippen LogP contribution in [-0.2, 0) is 0 Å². The third-order valence-electron chi connectivity index (χ3n) is 1.67. The van der Waals surface area contributed by atoms with Crippen molar-refractivity contribution in [2.75, 3.05) is 0 Å². The van der Waals surface area contributed by atoms with Crippen molar-refractivity contribution in [3.8, 4) is 0 Å². The summed E-state index contributed by atoms with van der Waals surface area (Å²) >= 11 is 0. The van der Waals surface area contributed by atoms with E-state index in [1.165, 1.54) is 0 Å². The SMILES string of the molecule is F[C](C(F)(F)F)C(F)(F)C(F)(F)C(F)(F)C(F)(F)F. The zero-order valence-electron chi connectivity index (χ0n) is 7.91. The third kappa shape index (κ3) is 2.68. The first-order valence-electron chi connectivity index (χ1n) is 3.71. The van der Waals surface area contributed by atoms with E-state index in [1.807, 2.05) is 0 Å². The molecule has 0 aliphatic rings. The summed E-state index contributed by atoms with van der Waals surface area (Å²) in [6.45, 7) is 0. The summed E-state index contributed by atoms with van der Waals surface area (Å²) in [7, 11) is 0. The average molecular weight is 319 g/mol. The van der Waals surface area contributed by atoms with Crippen molar-refractivity contribution in [1.82, 2.24) is 0 Å². The van der Waals surface area contributed by atoms with E-state index in [1.54, 1.807) is 0 Å². The molecule has 0 N–H and O–H groups in total. The van der Waals surface area contributed by atoms with Gasteiger partial charge in [0.25, 0.3) is 0 Å². The van der Waals surface area contributed by atoms with Crippen LogP contribution in [0.5, 0.6) is 0 Å². The molecule has 0 aromatic carbocycles. The fourth-order valence-corrected chi connectivity index (χ4v) is 0.691. The average Bonchev–Trinajstić information content (AvgIpc) is 2.12. The fraction of sp³-hybridized carbons (Fsp3) is 0.833. The standard InChI is InChI=1S/C6F13/c7-1(3(10,11)12)2(8,9)4(13,14)5(15,16)6(17,18)19. The molecule has 0 aromatic heterocycles. The maximum Gasteiger partial charge on any atom is 0.460 e. The summed E-state index contributed by atoms with van der Waals surface area (Å²) in [6.07, 6.45) is -19.1. The molecule has 0 bridgehead atoms. The maximum absolute atomic E-state index is 12.3. The van der Waals surface area contributed by atoms with Crippen LogP contribution in [0.4, 0.5) is 57.1 Å². The lowest BCUT2D eigenvalue weighted by Crippen LogP contribution is -2.63. The number of halogens is 13. The second-order valence-electron chi connectivity index (χ2n) is 3.03. The van der Waals surface area contributed by atoms with Crippen LogP contribution >= 0.6 is 0 Å². The lowest BCUT2D eigenvalue weighted by molar-refractivity contribution is -0.402. The van der Waals surface area contributed by atoms with Gasteiger partial charge in [0.1, 0.15) is 0 Å². The van der Waals surface area contributed by atoms with Crippen LogP contribution in [0.3, 0.4) is 0 Å². The van der Waals surface area contributed by atoms with Gasteiger partial charge in [0.05, 0.1) is 0 Å². The van der Waals surface area contributed by atoms with Gasteiger partial charge in [-0.1, -0.05) is 0 Å². The maximum atomic E-state index is 12.3. The fourth-order valence-electron chi connectivity index (χ4n) is 0.691. The Kier molecular flexibility index (Phi) is 4.09. The van der Waals surface area contributed by atoms with Crippen LogP contribution < -0.4 is 0 Å². The van der Waals surface area contributed by atoms with Gasteiger partial charge in [-0.25, -0.2) is 4.39 Å². The Morgan fingerprint density at radius 3 is 1.05 bits per heavy atom. The number of rotatable bonds is 3. The second-order valence-corrected chi connectivity index (χ2v) is 3.03. The molecule has 0 unspecified atom stereocenters. The molecule has 0 saturated heterocycles. The summed E-state index contributed by atoms with van der Waals surface area (Å²) in [4.78, 5) is 0. The Labute approximate surface area is 94.7 Å². The highest BCUT2D eigenvalue weighted by Gasteiger charge is 2.86. The van der Waals surface area contributed by atoms with Gasteiger partial charge in [0, 0.05) is 0 Å². The molecular weight excluding hydrogens is 319 g/mol. The van der Waals surface area contributed by atoms with Crippen LogP contribution in [0.2, 0.25) is 0 Å². The normalized spacial score (nSPS) is 16.1. The van der Waals surface area contributed by atoms with E-state index in [9.17, 15) is 57.1 Å². The minimum absolute atomic E-state index is 4.96. The molecule has 1 radical (unpaired) electrons. The van der Waals surface area contributed by atoms with Crippen molar-refractivity contribution in [2.24, 2.45) is 0 Å². The summed E-state index contributed by atoms with van der Waals surface area (Å²) in [6, 6.07) is 0. The number of hydrogen-bond donors (Lipinski definition) is 0. The molecule has 0 fully saturated rings. The summed E-state index contributed by atoms with van der Waals surface area (Å²) in [5, 5.41) is 0. The highest BCUT2D eigenvalue weighted by molar-refractivity contribution is 5.13. The lowest BCUT2D eigenvalue weighted by Gasteiger charge is -2.34. The molecule has 0 aliphatic heterocycles. The first-order valence-corrected chi connectivity index (χ1v) is 3.71. The van der Waals surface area contributed by atoms with Crippen LogP contribution in [0.1, 0.15) is 0 Å². The van der Waals surface area contributed by atoms with Gasteiger partial charge in [-0.15, -0.1) is 0 Å². The summed E-state index contributed by atoms with van der Waals surface area (Å²) < 4.78 is 154. The molecular formula is C6F13. The quantitative estimate of drug-likeness (QED) is 0.671. The first kappa shape index (κ1) is 18.1. The summed E-state index contributed by atoms with van der Waals surface area (Å²) in [5.74, 6) is -22.6. The molecule has 0 saturated carbocycles. The molecule has 0 heterocycles.